The van der Waals surface area contributed by atoms with Gasteiger partial charge in [-0.1, -0.05) is 142 Å². The number of ether oxygens (including phenoxy) is 4. The molecule has 260 valence electrons. The summed E-state index contributed by atoms with van der Waals surface area (Å²) in [7, 11) is -2.06. The molecular weight excluding hydrogens is 627 g/mol. The number of hydrogen-bond acceptors (Lipinski definition) is 6. The maximum Gasteiger partial charge on any atom is 0.192 e. The predicted molar refractivity (Wildman–Crippen MR) is 198 cm³/mol. The fourth-order valence-electron chi connectivity index (χ4n) is 6.71. The maximum atomic E-state index is 6.99. The summed E-state index contributed by atoms with van der Waals surface area (Å²) in [6.07, 6.45) is -0.868. The second-order valence-corrected chi connectivity index (χ2v) is 19.8. The van der Waals surface area contributed by atoms with E-state index in [0.29, 0.717) is 39.6 Å². The molecule has 0 saturated carbocycles. The van der Waals surface area contributed by atoms with E-state index in [0.717, 1.165) is 22.3 Å². The van der Waals surface area contributed by atoms with E-state index in [-0.39, 0.29) is 41.5 Å². The van der Waals surface area contributed by atoms with Crippen molar-refractivity contribution in [2.45, 2.75) is 102 Å². The number of benzene rings is 4. The minimum Gasteiger partial charge on any atom is -0.415 e. The number of fused-ring (bicyclic) bond motifs is 1. The molecule has 2 fully saturated rings. The highest BCUT2D eigenvalue weighted by molar-refractivity contribution is 6.74. The summed E-state index contributed by atoms with van der Waals surface area (Å²) in [5.41, 5.74) is 4.56. The fraction of sp³-hybridized carbons (Fsp3) is 0.429. The van der Waals surface area contributed by atoms with Gasteiger partial charge in [-0.3, -0.25) is 4.90 Å². The summed E-state index contributed by atoms with van der Waals surface area (Å²) in [6, 6.07) is 41.5. The molecular formula is C42H53NO5Si. The molecule has 2 heterocycles. The van der Waals surface area contributed by atoms with Gasteiger partial charge in [-0.15, -0.1) is 0 Å². The quantitative estimate of drug-likeness (QED) is 0.118. The fourth-order valence-corrected chi connectivity index (χ4v) is 7.73. The Kier molecular flexibility index (Phi) is 11.8. The van der Waals surface area contributed by atoms with E-state index in [1.807, 2.05) is 24.3 Å². The third-order valence-electron chi connectivity index (χ3n) is 10.5. The first-order valence-electron chi connectivity index (χ1n) is 17.7. The lowest BCUT2D eigenvalue weighted by atomic mass is 10.00. The van der Waals surface area contributed by atoms with Gasteiger partial charge in [-0.05, 0) is 40.4 Å². The van der Waals surface area contributed by atoms with Crippen molar-refractivity contribution in [3.05, 3.63) is 144 Å². The molecule has 0 amide bonds. The van der Waals surface area contributed by atoms with Gasteiger partial charge in [0.15, 0.2) is 8.32 Å². The van der Waals surface area contributed by atoms with Crippen LogP contribution in [0.4, 0.5) is 0 Å². The van der Waals surface area contributed by atoms with Crippen molar-refractivity contribution in [1.82, 2.24) is 4.90 Å². The molecule has 0 radical (unpaired) electrons. The van der Waals surface area contributed by atoms with Gasteiger partial charge in [0.1, 0.15) is 18.3 Å². The van der Waals surface area contributed by atoms with Crippen LogP contribution in [0.3, 0.4) is 0 Å². The van der Waals surface area contributed by atoms with Crippen LogP contribution in [0.1, 0.15) is 43.0 Å². The third-order valence-corrected chi connectivity index (χ3v) is 15.0. The summed E-state index contributed by atoms with van der Waals surface area (Å²) in [5, 5.41) is 0.0856. The molecule has 7 heteroatoms. The third kappa shape index (κ3) is 8.97. The van der Waals surface area contributed by atoms with E-state index < -0.39 is 8.32 Å². The van der Waals surface area contributed by atoms with Crippen LogP contribution in [0.25, 0.3) is 0 Å². The van der Waals surface area contributed by atoms with E-state index in [9.17, 15) is 0 Å². The van der Waals surface area contributed by atoms with Gasteiger partial charge in [0.05, 0.1) is 51.2 Å². The zero-order valence-electron chi connectivity index (χ0n) is 29.7. The van der Waals surface area contributed by atoms with Crippen molar-refractivity contribution in [3.63, 3.8) is 0 Å². The molecule has 0 spiro atoms. The molecule has 2 aliphatic rings. The minimum atomic E-state index is -2.06. The van der Waals surface area contributed by atoms with Crippen LogP contribution in [0, 0.1) is 0 Å². The minimum absolute atomic E-state index is 0.0308. The maximum absolute atomic E-state index is 6.99. The van der Waals surface area contributed by atoms with Crippen molar-refractivity contribution in [2.24, 2.45) is 0 Å². The smallest absolute Gasteiger partial charge is 0.192 e. The molecule has 0 aliphatic carbocycles. The largest absolute Gasteiger partial charge is 0.415 e. The van der Waals surface area contributed by atoms with Gasteiger partial charge in [0.2, 0.25) is 0 Å². The molecule has 6 nitrogen and oxygen atoms in total. The monoisotopic (exact) mass is 679 g/mol. The molecule has 2 saturated heterocycles. The highest BCUT2D eigenvalue weighted by Crippen LogP contribution is 2.42. The van der Waals surface area contributed by atoms with Crippen LogP contribution >= 0.6 is 0 Å². The number of nitrogens with zero attached hydrogens (tertiary/aromatic N) is 1. The van der Waals surface area contributed by atoms with E-state index in [4.69, 9.17) is 23.4 Å². The van der Waals surface area contributed by atoms with Crippen molar-refractivity contribution >= 4 is 8.32 Å². The molecule has 2 aliphatic heterocycles. The Morgan fingerprint density at radius 2 is 0.939 bits per heavy atom. The van der Waals surface area contributed by atoms with E-state index in [1.165, 1.54) is 0 Å². The number of rotatable bonds is 15. The van der Waals surface area contributed by atoms with Crippen molar-refractivity contribution in [2.75, 3.05) is 13.2 Å². The molecule has 49 heavy (non-hydrogen) atoms. The number of hydrogen-bond donors (Lipinski definition) is 0. The molecule has 4 aromatic carbocycles. The van der Waals surface area contributed by atoms with Crippen LogP contribution in [-0.2, 0) is 49.8 Å². The lowest BCUT2D eigenvalue weighted by molar-refractivity contribution is -0.121. The first kappa shape index (κ1) is 35.7. The van der Waals surface area contributed by atoms with Crippen LogP contribution in [0.15, 0.2) is 121 Å². The lowest BCUT2D eigenvalue weighted by Crippen LogP contribution is -2.49. The van der Waals surface area contributed by atoms with Gasteiger partial charge in [-0.2, -0.15) is 0 Å². The first-order chi connectivity index (χ1) is 23.7. The van der Waals surface area contributed by atoms with E-state index in [1.54, 1.807) is 0 Å². The summed E-state index contributed by atoms with van der Waals surface area (Å²) >= 11 is 0. The molecule has 6 rings (SSSR count). The van der Waals surface area contributed by atoms with Crippen molar-refractivity contribution < 1.29 is 23.4 Å². The predicted octanol–water partition coefficient (Wildman–Crippen LogP) is 8.42. The first-order valence-corrected chi connectivity index (χ1v) is 20.6. The normalized spacial score (nSPS) is 24.3. The second-order valence-electron chi connectivity index (χ2n) is 14.9. The molecule has 0 unspecified atom stereocenters. The van der Waals surface area contributed by atoms with Crippen LogP contribution in [0.5, 0.6) is 0 Å². The van der Waals surface area contributed by atoms with Gasteiger partial charge in [-0.25, -0.2) is 0 Å². The zero-order valence-corrected chi connectivity index (χ0v) is 30.7. The zero-order chi connectivity index (χ0) is 34.3. The van der Waals surface area contributed by atoms with E-state index >= 15 is 0 Å². The highest BCUT2D eigenvalue weighted by Gasteiger charge is 2.60. The molecule has 4 aromatic rings. The Morgan fingerprint density at radius 1 is 0.551 bits per heavy atom. The Balaban J connectivity index is 1.33. The highest BCUT2D eigenvalue weighted by atomic mass is 28.4. The summed E-state index contributed by atoms with van der Waals surface area (Å²) in [6.45, 7) is 14.8. The Hall–Kier alpha value is -3.14. The molecule has 0 aromatic heterocycles. The van der Waals surface area contributed by atoms with E-state index in [2.05, 4.69) is 136 Å². The second kappa shape index (κ2) is 16.3. The Labute approximate surface area is 294 Å². The van der Waals surface area contributed by atoms with Crippen LogP contribution in [0.2, 0.25) is 18.1 Å². The topological polar surface area (TPSA) is 49.4 Å². The Morgan fingerprint density at radius 3 is 1.37 bits per heavy atom. The Bertz CT molecular complexity index is 1550. The molecule has 6 atom stereocenters. The summed E-state index contributed by atoms with van der Waals surface area (Å²) in [4.78, 5) is 2.53. The summed E-state index contributed by atoms with van der Waals surface area (Å²) < 4.78 is 34.6. The van der Waals surface area contributed by atoms with Gasteiger partial charge >= 0.3 is 0 Å². The van der Waals surface area contributed by atoms with Gasteiger partial charge in [0.25, 0.3) is 0 Å². The van der Waals surface area contributed by atoms with Crippen molar-refractivity contribution in [3.8, 4) is 0 Å². The standard InChI is InChI=1S/C42H53NO5Si/c1-42(2,3)49(4,5)48-31-36-39(45-28-33-20-12-7-13-21-33)41(47-30-35-24-16-9-17-25-35)38-40(46-29-34-22-14-8-15-23-34)37(26-43(36)38)44-27-32-18-10-6-11-19-32/h6-25,36-41H,26-31H2,1-5H3/t36-,37-,38-,39-,40-,41-/m0/s1. The molecule has 0 bridgehead atoms. The van der Waals surface area contributed by atoms with Crippen molar-refractivity contribution in [1.29, 1.82) is 0 Å². The SMILES string of the molecule is CC(C)(C)[Si](C)(C)OC[C@H]1[C@H](OCc2ccccc2)[C@@H](OCc2ccccc2)[C@@H]2[C@@H](OCc3ccccc3)[C@@H](OCc3ccccc3)CN21. The van der Waals surface area contributed by atoms with Gasteiger partial charge < -0.3 is 23.4 Å². The van der Waals surface area contributed by atoms with Crippen LogP contribution < -0.4 is 0 Å². The molecule has 0 N–H and O–H groups in total. The average molecular weight is 680 g/mol. The van der Waals surface area contributed by atoms with Crippen LogP contribution in [-0.4, -0.2) is 62.9 Å². The summed E-state index contributed by atoms with van der Waals surface area (Å²) in [5.74, 6) is 0. The lowest BCUT2D eigenvalue weighted by Gasteiger charge is -2.38. The average Bonchev–Trinajstić information content (AvgIpc) is 3.61. The van der Waals surface area contributed by atoms with Gasteiger partial charge in [0, 0.05) is 6.54 Å².